The molecule has 0 spiro atoms. The van der Waals surface area contributed by atoms with E-state index >= 15 is 0 Å². The molecule has 0 aromatic carbocycles. The molecule has 96 valence electrons. The number of pyridine rings is 1. The predicted molar refractivity (Wildman–Crippen MR) is 68.8 cm³/mol. The van der Waals surface area contributed by atoms with E-state index in [9.17, 15) is 0 Å². The molecule has 0 saturated carbocycles. The van der Waals surface area contributed by atoms with Crippen LogP contribution in [-0.2, 0) is 24.3 Å². The van der Waals surface area contributed by atoms with Gasteiger partial charge in [-0.05, 0) is 36.6 Å². The van der Waals surface area contributed by atoms with Crippen LogP contribution in [0.15, 0.2) is 41.3 Å². The SMILES string of the molecule is NCc1occc1COCCCc1ccncc1. The Morgan fingerprint density at radius 3 is 2.83 bits per heavy atom. The van der Waals surface area contributed by atoms with Crippen LogP contribution in [0.25, 0.3) is 0 Å². The summed E-state index contributed by atoms with van der Waals surface area (Å²) in [5.41, 5.74) is 7.88. The number of hydrogen-bond acceptors (Lipinski definition) is 4. The van der Waals surface area contributed by atoms with Gasteiger partial charge in [0.15, 0.2) is 0 Å². The largest absolute Gasteiger partial charge is 0.468 e. The molecule has 0 saturated heterocycles. The van der Waals surface area contributed by atoms with Crippen LogP contribution in [-0.4, -0.2) is 11.6 Å². The first-order valence-electron chi connectivity index (χ1n) is 6.12. The molecule has 2 aromatic heterocycles. The van der Waals surface area contributed by atoms with Gasteiger partial charge in [0.1, 0.15) is 5.76 Å². The van der Waals surface area contributed by atoms with E-state index in [1.54, 1.807) is 6.26 Å². The van der Waals surface area contributed by atoms with Gasteiger partial charge in [0.2, 0.25) is 0 Å². The van der Waals surface area contributed by atoms with E-state index in [4.69, 9.17) is 14.9 Å². The van der Waals surface area contributed by atoms with E-state index in [-0.39, 0.29) is 0 Å². The third-order valence-electron chi connectivity index (χ3n) is 2.78. The fourth-order valence-electron chi connectivity index (χ4n) is 1.78. The number of ether oxygens (including phenoxy) is 1. The first kappa shape index (κ1) is 12.8. The maximum atomic E-state index is 5.61. The Bertz CT molecular complexity index is 454. The first-order valence-corrected chi connectivity index (χ1v) is 6.12. The molecule has 2 N–H and O–H groups in total. The summed E-state index contributed by atoms with van der Waals surface area (Å²) in [7, 11) is 0. The molecule has 2 rings (SSSR count). The molecule has 0 amide bonds. The standard InChI is InChI=1S/C14H18N2O2/c15-10-14-13(5-9-18-14)11-17-8-1-2-12-3-6-16-7-4-12/h3-7,9H,1-2,8,10-11,15H2. The zero-order valence-corrected chi connectivity index (χ0v) is 10.3. The second kappa shape index (κ2) is 6.93. The molecule has 18 heavy (non-hydrogen) atoms. The minimum absolute atomic E-state index is 0.419. The summed E-state index contributed by atoms with van der Waals surface area (Å²) >= 11 is 0. The molecule has 0 unspecified atom stereocenters. The molecule has 4 nitrogen and oxygen atoms in total. The van der Waals surface area contributed by atoms with Crippen molar-refractivity contribution >= 4 is 0 Å². The van der Waals surface area contributed by atoms with Gasteiger partial charge in [-0.25, -0.2) is 0 Å². The van der Waals surface area contributed by atoms with Crippen LogP contribution in [0.5, 0.6) is 0 Å². The van der Waals surface area contributed by atoms with Crippen molar-refractivity contribution in [2.45, 2.75) is 26.0 Å². The van der Waals surface area contributed by atoms with Gasteiger partial charge in [-0.1, -0.05) is 0 Å². The number of furan rings is 1. The Hall–Kier alpha value is -1.65. The quantitative estimate of drug-likeness (QED) is 0.761. The summed E-state index contributed by atoms with van der Waals surface area (Å²) in [6, 6.07) is 5.97. The number of nitrogens with zero attached hydrogens (tertiary/aromatic N) is 1. The Labute approximate surface area is 107 Å². The van der Waals surface area contributed by atoms with E-state index in [0.717, 1.165) is 30.8 Å². The van der Waals surface area contributed by atoms with Gasteiger partial charge in [0.05, 0.1) is 19.4 Å². The van der Waals surface area contributed by atoms with Crippen molar-refractivity contribution in [3.8, 4) is 0 Å². The molecule has 0 aliphatic carbocycles. The van der Waals surface area contributed by atoms with Gasteiger partial charge < -0.3 is 14.9 Å². The maximum absolute atomic E-state index is 5.61. The van der Waals surface area contributed by atoms with E-state index in [0.29, 0.717) is 13.2 Å². The van der Waals surface area contributed by atoms with Crippen molar-refractivity contribution in [2.24, 2.45) is 5.73 Å². The Morgan fingerprint density at radius 1 is 1.22 bits per heavy atom. The van der Waals surface area contributed by atoms with Crippen LogP contribution in [0.4, 0.5) is 0 Å². The van der Waals surface area contributed by atoms with Gasteiger partial charge in [0.25, 0.3) is 0 Å². The van der Waals surface area contributed by atoms with Crippen LogP contribution in [0.2, 0.25) is 0 Å². The summed E-state index contributed by atoms with van der Waals surface area (Å²) in [5, 5.41) is 0. The van der Waals surface area contributed by atoms with Crippen molar-refractivity contribution in [2.75, 3.05) is 6.61 Å². The van der Waals surface area contributed by atoms with Crippen LogP contribution in [0, 0.1) is 0 Å². The zero-order valence-electron chi connectivity index (χ0n) is 10.3. The van der Waals surface area contributed by atoms with Crippen molar-refractivity contribution in [3.63, 3.8) is 0 Å². The lowest BCUT2D eigenvalue weighted by Crippen LogP contribution is -2.02. The van der Waals surface area contributed by atoms with Crippen molar-refractivity contribution in [1.29, 1.82) is 0 Å². The van der Waals surface area contributed by atoms with E-state index in [1.165, 1.54) is 5.56 Å². The van der Waals surface area contributed by atoms with E-state index in [2.05, 4.69) is 4.98 Å². The van der Waals surface area contributed by atoms with Crippen molar-refractivity contribution < 1.29 is 9.15 Å². The highest BCUT2D eigenvalue weighted by molar-refractivity contribution is 5.15. The third-order valence-corrected chi connectivity index (χ3v) is 2.78. The molecule has 0 atom stereocenters. The summed E-state index contributed by atoms with van der Waals surface area (Å²) in [6.07, 6.45) is 7.29. The fraction of sp³-hybridized carbons (Fsp3) is 0.357. The van der Waals surface area contributed by atoms with Crippen LogP contribution >= 0.6 is 0 Å². The second-order valence-corrected chi connectivity index (χ2v) is 4.08. The molecule has 0 aliphatic heterocycles. The van der Waals surface area contributed by atoms with Crippen molar-refractivity contribution in [1.82, 2.24) is 4.98 Å². The maximum Gasteiger partial charge on any atom is 0.122 e. The van der Waals surface area contributed by atoms with E-state index < -0.39 is 0 Å². The number of hydrogen-bond donors (Lipinski definition) is 1. The summed E-state index contributed by atoms with van der Waals surface area (Å²) < 4.78 is 10.8. The van der Waals surface area contributed by atoms with Crippen LogP contribution < -0.4 is 5.73 Å². The van der Waals surface area contributed by atoms with Crippen LogP contribution in [0.1, 0.15) is 23.3 Å². The molecular weight excluding hydrogens is 228 g/mol. The van der Waals surface area contributed by atoms with Crippen molar-refractivity contribution in [3.05, 3.63) is 53.7 Å². The van der Waals surface area contributed by atoms with Gasteiger partial charge in [-0.15, -0.1) is 0 Å². The third kappa shape index (κ3) is 3.68. The minimum atomic E-state index is 0.419. The zero-order chi connectivity index (χ0) is 12.6. The topological polar surface area (TPSA) is 61.3 Å². The Morgan fingerprint density at radius 2 is 2.06 bits per heavy atom. The number of rotatable bonds is 7. The summed E-state index contributed by atoms with van der Waals surface area (Å²) in [5.74, 6) is 0.809. The number of aromatic nitrogens is 1. The lowest BCUT2D eigenvalue weighted by atomic mass is 10.1. The Balaban J connectivity index is 1.65. The minimum Gasteiger partial charge on any atom is -0.468 e. The molecular formula is C14H18N2O2. The van der Waals surface area contributed by atoms with Gasteiger partial charge >= 0.3 is 0 Å². The smallest absolute Gasteiger partial charge is 0.122 e. The molecule has 0 bridgehead atoms. The Kier molecular flexibility index (Phi) is 4.93. The molecule has 2 aromatic rings. The highest BCUT2D eigenvalue weighted by Crippen LogP contribution is 2.11. The van der Waals surface area contributed by atoms with Gasteiger partial charge in [0, 0.05) is 24.6 Å². The lowest BCUT2D eigenvalue weighted by molar-refractivity contribution is 0.117. The molecule has 0 fully saturated rings. The first-order chi connectivity index (χ1) is 8.90. The summed E-state index contributed by atoms with van der Waals surface area (Å²) in [6.45, 7) is 1.72. The molecule has 4 heteroatoms. The highest BCUT2D eigenvalue weighted by atomic mass is 16.5. The monoisotopic (exact) mass is 246 g/mol. The number of nitrogens with two attached hydrogens (primary N) is 1. The highest BCUT2D eigenvalue weighted by Gasteiger charge is 2.03. The van der Waals surface area contributed by atoms with Crippen LogP contribution in [0.3, 0.4) is 0 Å². The molecule has 0 radical (unpaired) electrons. The normalized spacial score (nSPS) is 10.7. The summed E-state index contributed by atoms with van der Waals surface area (Å²) in [4.78, 5) is 3.99. The van der Waals surface area contributed by atoms with Gasteiger partial charge in [-0.3, -0.25) is 4.98 Å². The fourth-order valence-corrected chi connectivity index (χ4v) is 1.78. The predicted octanol–water partition coefficient (Wildman–Crippen LogP) is 2.28. The van der Waals surface area contributed by atoms with E-state index in [1.807, 2.05) is 30.6 Å². The lowest BCUT2D eigenvalue weighted by Gasteiger charge is -2.04. The average molecular weight is 246 g/mol. The average Bonchev–Trinajstić information content (AvgIpc) is 2.87. The molecule has 2 heterocycles. The van der Waals surface area contributed by atoms with Gasteiger partial charge in [-0.2, -0.15) is 0 Å². The number of aryl methyl sites for hydroxylation is 1. The second-order valence-electron chi connectivity index (χ2n) is 4.08. The molecule has 0 aliphatic rings.